The molecule has 1 aliphatic carbocycles. The molecule has 0 radical (unpaired) electrons. The maximum atomic E-state index is 4.87. The molecule has 2 aromatic heterocycles. The molecule has 1 fully saturated rings. The van der Waals surface area contributed by atoms with Gasteiger partial charge in [0.2, 0.25) is 0 Å². The van der Waals surface area contributed by atoms with Crippen LogP contribution in [0.4, 0.5) is 0 Å². The van der Waals surface area contributed by atoms with Crippen molar-refractivity contribution in [3.63, 3.8) is 0 Å². The predicted octanol–water partition coefficient (Wildman–Crippen LogP) is 7.13. The standard InChI is InChI=1S/C25H33N5.CH4.3BrH/c1-2-13-22-21(12-1)28-24(29-22)18-30(17-7-11-20-10-3-4-15-26-20)23-14-5-8-19-9-6-16-27-25(19)23;;;;/h1-2,6,9,12-13,16,20,23,26H,3-5,7-8,10-11,14-15,17-18H2,(H,28,29);1H4;3*1H. The summed E-state index contributed by atoms with van der Waals surface area (Å²) < 4.78 is 0. The van der Waals surface area contributed by atoms with Crippen molar-refractivity contribution in [1.82, 2.24) is 25.2 Å². The van der Waals surface area contributed by atoms with E-state index in [9.17, 15) is 0 Å². The molecule has 0 saturated carbocycles. The topological polar surface area (TPSA) is 56.8 Å². The monoisotopic (exact) mass is 659 g/mol. The van der Waals surface area contributed by atoms with Crippen LogP contribution in [0.3, 0.4) is 0 Å². The van der Waals surface area contributed by atoms with Crippen LogP contribution in [0.25, 0.3) is 11.0 Å². The number of halogens is 3. The van der Waals surface area contributed by atoms with Crippen LogP contribution in [-0.4, -0.2) is 39.0 Å². The van der Waals surface area contributed by atoms with E-state index in [1.165, 1.54) is 62.7 Å². The van der Waals surface area contributed by atoms with Crippen molar-refractivity contribution in [2.75, 3.05) is 13.1 Å². The number of piperidine rings is 1. The minimum Gasteiger partial charge on any atom is -0.341 e. The molecule has 2 aliphatic rings. The Morgan fingerprint density at radius 2 is 1.82 bits per heavy atom. The van der Waals surface area contributed by atoms with E-state index in [1.54, 1.807) is 0 Å². The average Bonchev–Trinajstić information content (AvgIpc) is 3.21. The van der Waals surface area contributed by atoms with Gasteiger partial charge in [-0.2, -0.15) is 0 Å². The first kappa shape index (κ1) is 31.2. The van der Waals surface area contributed by atoms with Crippen molar-refractivity contribution < 1.29 is 0 Å². The number of hydrogen-bond acceptors (Lipinski definition) is 4. The zero-order valence-electron chi connectivity index (χ0n) is 19.0. The highest BCUT2D eigenvalue weighted by Crippen LogP contribution is 2.34. The Balaban J connectivity index is 0.00000144. The van der Waals surface area contributed by atoms with Gasteiger partial charge in [-0.15, -0.1) is 50.9 Å². The summed E-state index contributed by atoms with van der Waals surface area (Å²) in [7, 11) is 0. The molecular weight excluding hydrogens is 622 g/mol. The predicted molar refractivity (Wildman–Crippen MR) is 159 cm³/mol. The third kappa shape index (κ3) is 7.60. The molecule has 1 saturated heterocycles. The van der Waals surface area contributed by atoms with Gasteiger partial charge < -0.3 is 10.3 Å². The van der Waals surface area contributed by atoms with Gasteiger partial charge in [0, 0.05) is 12.2 Å². The molecule has 1 aliphatic heterocycles. The van der Waals surface area contributed by atoms with E-state index >= 15 is 0 Å². The molecule has 3 heterocycles. The first-order valence-corrected chi connectivity index (χ1v) is 11.7. The summed E-state index contributed by atoms with van der Waals surface area (Å²) in [5.74, 6) is 1.06. The van der Waals surface area contributed by atoms with Crippen molar-refractivity contribution in [3.8, 4) is 0 Å². The third-order valence-corrected chi connectivity index (χ3v) is 6.81. The number of fused-ring (bicyclic) bond motifs is 2. The first-order valence-electron chi connectivity index (χ1n) is 11.7. The number of hydrogen-bond donors (Lipinski definition) is 2. The summed E-state index contributed by atoms with van der Waals surface area (Å²) in [6.45, 7) is 3.14. The van der Waals surface area contributed by atoms with E-state index in [-0.39, 0.29) is 58.4 Å². The molecule has 2 atom stereocenters. The smallest absolute Gasteiger partial charge is 0.121 e. The quantitative estimate of drug-likeness (QED) is 0.283. The molecule has 8 heteroatoms. The zero-order chi connectivity index (χ0) is 20.2. The van der Waals surface area contributed by atoms with E-state index < -0.39 is 0 Å². The van der Waals surface area contributed by atoms with Gasteiger partial charge in [-0.05, 0) is 81.8 Å². The van der Waals surface area contributed by atoms with Gasteiger partial charge >= 0.3 is 0 Å². The summed E-state index contributed by atoms with van der Waals surface area (Å²) in [6.07, 6.45) is 12.1. The highest BCUT2D eigenvalue weighted by molar-refractivity contribution is 8.93. The van der Waals surface area contributed by atoms with Gasteiger partial charge in [0.25, 0.3) is 0 Å². The second-order valence-electron chi connectivity index (χ2n) is 8.92. The fourth-order valence-electron chi connectivity index (χ4n) is 5.27. The summed E-state index contributed by atoms with van der Waals surface area (Å²) in [4.78, 5) is 15.9. The van der Waals surface area contributed by atoms with Crippen LogP contribution in [0.1, 0.15) is 75.5 Å². The lowest BCUT2D eigenvalue weighted by Crippen LogP contribution is -2.36. The van der Waals surface area contributed by atoms with Crippen LogP contribution in [0.5, 0.6) is 0 Å². The van der Waals surface area contributed by atoms with Crippen molar-refractivity contribution in [2.24, 2.45) is 0 Å². The lowest BCUT2D eigenvalue weighted by molar-refractivity contribution is 0.156. The highest BCUT2D eigenvalue weighted by atomic mass is 79.9. The number of H-pyrrole nitrogens is 1. The Kier molecular flexibility index (Phi) is 14.1. The Labute approximate surface area is 236 Å². The van der Waals surface area contributed by atoms with Crippen LogP contribution in [0.2, 0.25) is 0 Å². The Hall–Kier alpha value is -0.800. The molecule has 34 heavy (non-hydrogen) atoms. The molecule has 0 amide bonds. The number of nitrogens with one attached hydrogen (secondary N) is 2. The number of para-hydroxylation sites is 2. The molecular formula is C26H40Br3N5. The van der Waals surface area contributed by atoms with E-state index in [0.717, 1.165) is 36.4 Å². The summed E-state index contributed by atoms with van der Waals surface area (Å²) in [5, 5.41) is 3.71. The second-order valence-corrected chi connectivity index (χ2v) is 8.92. The number of imidazole rings is 1. The number of benzene rings is 1. The van der Waals surface area contributed by atoms with Gasteiger partial charge in [0.15, 0.2) is 0 Å². The lowest BCUT2D eigenvalue weighted by Gasteiger charge is -2.35. The minimum absolute atomic E-state index is 0. The van der Waals surface area contributed by atoms with E-state index in [1.807, 2.05) is 6.20 Å². The van der Waals surface area contributed by atoms with Crippen LogP contribution in [0.15, 0.2) is 42.6 Å². The maximum absolute atomic E-state index is 4.87. The summed E-state index contributed by atoms with van der Waals surface area (Å²) in [6, 6.07) is 13.8. The Morgan fingerprint density at radius 1 is 0.971 bits per heavy atom. The molecule has 5 nitrogen and oxygen atoms in total. The number of aryl methyl sites for hydroxylation is 1. The maximum Gasteiger partial charge on any atom is 0.121 e. The highest BCUT2D eigenvalue weighted by Gasteiger charge is 2.28. The number of aromatic amines is 1. The minimum atomic E-state index is 0. The van der Waals surface area contributed by atoms with Gasteiger partial charge in [0.1, 0.15) is 5.82 Å². The largest absolute Gasteiger partial charge is 0.341 e. The summed E-state index contributed by atoms with van der Waals surface area (Å²) in [5.41, 5.74) is 4.90. The lowest BCUT2D eigenvalue weighted by atomic mass is 9.90. The normalized spacial score (nSPS) is 19.2. The van der Waals surface area contributed by atoms with Crippen molar-refractivity contribution in [3.05, 3.63) is 59.7 Å². The van der Waals surface area contributed by atoms with Gasteiger partial charge in [-0.3, -0.25) is 9.88 Å². The third-order valence-electron chi connectivity index (χ3n) is 6.81. The van der Waals surface area contributed by atoms with Crippen LogP contribution in [0, 0.1) is 0 Å². The fraction of sp³-hybridized carbons (Fsp3) is 0.538. The van der Waals surface area contributed by atoms with Crippen molar-refractivity contribution in [1.29, 1.82) is 0 Å². The fourth-order valence-corrected chi connectivity index (χ4v) is 5.27. The van der Waals surface area contributed by atoms with Gasteiger partial charge in [-0.1, -0.05) is 32.0 Å². The average molecular weight is 662 g/mol. The van der Waals surface area contributed by atoms with Gasteiger partial charge in [-0.25, -0.2) is 4.98 Å². The van der Waals surface area contributed by atoms with E-state index in [2.05, 4.69) is 51.6 Å². The Morgan fingerprint density at radius 3 is 2.62 bits per heavy atom. The zero-order valence-corrected chi connectivity index (χ0v) is 24.2. The molecule has 3 aromatic rings. The van der Waals surface area contributed by atoms with Crippen LogP contribution in [-0.2, 0) is 13.0 Å². The summed E-state index contributed by atoms with van der Waals surface area (Å²) >= 11 is 0. The van der Waals surface area contributed by atoms with Crippen LogP contribution >= 0.6 is 50.9 Å². The van der Waals surface area contributed by atoms with Crippen molar-refractivity contribution in [2.45, 2.75) is 77.4 Å². The molecule has 0 bridgehead atoms. The molecule has 0 spiro atoms. The number of aromatic nitrogens is 3. The molecule has 1 aromatic carbocycles. The number of nitrogens with zero attached hydrogens (tertiary/aromatic N) is 3. The number of rotatable bonds is 7. The van der Waals surface area contributed by atoms with Crippen molar-refractivity contribution >= 4 is 62.0 Å². The number of pyridine rings is 1. The Bertz CT molecular complexity index is 941. The molecule has 5 rings (SSSR count). The molecule has 190 valence electrons. The molecule has 2 unspecified atom stereocenters. The second kappa shape index (κ2) is 15.3. The van der Waals surface area contributed by atoms with Crippen LogP contribution < -0.4 is 5.32 Å². The molecule has 2 N–H and O–H groups in total. The van der Waals surface area contributed by atoms with Gasteiger partial charge in [0.05, 0.1) is 29.3 Å². The first-order chi connectivity index (χ1) is 14.9. The van der Waals surface area contributed by atoms with E-state index in [4.69, 9.17) is 9.97 Å². The SMILES string of the molecule is Br.Br.Br.C.c1cnc2c(c1)CCCC2N(CCCC1CCCCN1)Cc1nc2ccccc2[nH]1. The van der Waals surface area contributed by atoms with E-state index in [0.29, 0.717) is 12.1 Å².